The second-order valence-corrected chi connectivity index (χ2v) is 5.04. The van der Waals surface area contributed by atoms with Gasteiger partial charge in [0.15, 0.2) is 0 Å². The maximum Gasteiger partial charge on any atom is 0.416 e. The summed E-state index contributed by atoms with van der Waals surface area (Å²) in [5, 5.41) is 5.08. The molecule has 1 saturated heterocycles. The smallest absolute Gasteiger partial charge is 0.355 e. The number of nitrogens with one attached hydrogen (secondary N) is 2. The van der Waals surface area contributed by atoms with Crippen molar-refractivity contribution < 1.29 is 22.8 Å². The van der Waals surface area contributed by atoms with E-state index in [1.165, 1.54) is 12.1 Å². The predicted molar refractivity (Wildman–Crippen MR) is 65.8 cm³/mol. The van der Waals surface area contributed by atoms with Crippen LogP contribution in [0, 0.1) is 5.41 Å². The number of hydrogen-bond donors (Lipinski definition) is 2. The minimum absolute atomic E-state index is 0.0689. The Bertz CT molecular complexity index is 540. The van der Waals surface area contributed by atoms with Gasteiger partial charge in [0, 0.05) is 18.7 Å². The lowest BCUT2D eigenvalue weighted by Gasteiger charge is -2.20. The number of hydrogen-bond acceptors (Lipinski definition) is 2. The molecule has 20 heavy (non-hydrogen) atoms. The van der Waals surface area contributed by atoms with E-state index in [4.69, 9.17) is 0 Å². The SMILES string of the molecule is CC1(C(=O)Nc2ccc(C(F)(F)F)cc2)CNC(=O)C1. The monoisotopic (exact) mass is 286 g/mol. The van der Waals surface area contributed by atoms with Crippen molar-refractivity contribution in [3.8, 4) is 0 Å². The first-order valence-electron chi connectivity index (χ1n) is 5.96. The molecular weight excluding hydrogens is 273 g/mol. The Kier molecular flexibility index (Phi) is 3.45. The molecule has 1 aromatic rings. The van der Waals surface area contributed by atoms with Crippen LogP contribution in [0.25, 0.3) is 0 Å². The highest BCUT2D eigenvalue weighted by atomic mass is 19.4. The molecule has 0 aromatic heterocycles. The van der Waals surface area contributed by atoms with E-state index in [0.717, 1.165) is 12.1 Å². The normalized spacial score (nSPS) is 22.5. The highest BCUT2D eigenvalue weighted by molar-refractivity contribution is 5.99. The lowest BCUT2D eigenvalue weighted by molar-refractivity contribution is -0.137. The molecule has 2 N–H and O–H groups in total. The molecule has 2 amide bonds. The van der Waals surface area contributed by atoms with Crippen molar-refractivity contribution in [1.29, 1.82) is 0 Å². The van der Waals surface area contributed by atoms with Crippen molar-refractivity contribution in [1.82, 2.24) is 5.32 Å². The Morgan fingerprint density at radius 3 is 2.35 bits per heavy atom. The molecule has 1 fully saturated rings. The van der Waals surface area contributed by atoms with Crippen LogP contribution in [0.1, 0.15) is 18.9 Å². The fourth-order valence-corrected chi connectivity index (χ4v) is 1.96. The molecule has 1 unspecified atom stereocenters. The van der Waals surface area contributed by atoms with E-state index >= 15 is 0 Å². The fraction of sp³-hybridized carbons (Fsp3) is 0.385. The van der Waals surface area contributed by atoms with E-state index in [0.29, 0.717) is 0 Å². The molecule has 1 aliphatic rings. The molecule has 0 bridgehead atoms. The van der Waals surface area contributed by atoms with Crippen LogP contribution in [0.3, 0.4) is 0 Å². The average molecular weight is 286 g/mol. The number of carbonyl (C=O) groups is 2. The van der Waals surface area contributed by atoms with E-state index in [-0.39, 0.29) is 24.6 Å². The van der Waals surface area contributed by atoms with Crippen LogP contribution >= 0.6 is 0 Å². The summed E-state index contributed by atoms with van der Waals surface area (Å²) in [5.74, 6) is -0.606. The molecule has 1 aromatic carbocycles. The fourth-order valence-electron chi connectivity index (χ4n) is 1.96. The molecular formula is C13H13F3N2O2. The van der Waals surface area contributed by atoms with Gasteiger partial charge in [-0.15, -0.1) is 0 Å². The third-order valence-corrected chi connectivity index (χ3v) is 3.24. The number of alkyl halides is 3. The minimum atomic E-state index is -4.41. The molecule has 1 heterocycles. The van der Waals surface area contributed by atoms with Gasteiger partial charge < -0.3 is 10.6 Å². The number of halogens is 3. The van der Waals surface area contributed by atoms with Crippen LogP contribution in [-0.2, 0) is 15.8 Å². The second kappa shape index (κ2) is 4.81. The van der Waals surface area contributed by atoms with Gasteiger partial charge in [-0.2, -0.15) is 13.2 Å². The average Bonchev–Trinajstić information content (AvgIpc) is 2.70. The molecule has 1 aliphatic heterocycles. The summed E-state index contributed by atoms with van der Waals surface area (Å²) in [4.78, 5) is 23.2. The van der Waals surface area contributed by atoms with E-state index in [1.54, 1.807) is 6.92 Å². The zero-order valence-electron chi connectivity index (χ0n) is 10.7. The zero-order chi connectivity index (χ0) is 15.0. The largest absolute Gasteiger partial charge is 0.416 e. The highest BCUT2D eigenvalue weighted by Gasteiger charge is 2.40. The number of benzene rings is 1. The molecule has 0 spiro atoms. The first kappa shape index (κ1) is 14.4. The van der Waals surface area contributed by atoms with Crippen molar-refractivity contribution >= 4 is 17.5 Å². The number of amides is 2. The van der Waals surface area contributed by atoms with E-state index in [2.05, 4.69) is 10.6 Å². The van der Waals surface area contributed by atoms with Crippen LogP contribution in [-0.4, -0.2) is 18.4 Å². The van der Waals surface area contributed by atoms with Gasteiger partial charge in [-0.3, -0.25) is 9.59 Å². The van der Waals surface area contributed by atoms with Crippen LogP contribution in [0.15, 0.2) is 24.3 Å². The summed E-state index contributed by atoms with van der Waals surface area (Å²) < 4.78 is 37.2. The van der Waals surface area contributed by atoms with Crippen molar-refractivity contribution in [3.05, 3.63) is 29.8 Å². The zero-order valence-corrected chi connectivity index (χ0v) is 10.7. The van der Waals surface area contributed by atoms with Crippen molar-refractivity contribution in [2.75, 3.05) is 11.9 Å². The standard InChI is InChI=1S/C13H13F3N2O2/c1-12(6-10(19)17-7-12)11(20)18-9-4-2-8(3-5-9)13(14,15)16/h2-5H,6-7H2,1H3,(H,17,19)(H,18,20). The second-order valence-electron chi connectivity index (χ2n) is 5.04. The van der Waals surface area contributed by atoms with Gasteiger partial charge in [0.25, 0.3) is 0 Å². The van der Waals surface area contributed by atoms with Gasteiger partial charge >= 0.3 is 6.18 Å². The maximum atomic E-state index is 12.4. The number of carbonyl (C=O) groups excluding carboxylic acids is 2. The van der Waals surface area contributed by atoms with Crippen molar-refractivity contribution in [2.24, 2.45) is 5.41 Å². The minimum Gasteiger partial charge on any atom is -0.355 e. The van der Waals surface area contributed by atoms with E-state index in [1.807, 2.05) is 0 Å². The third-order valence-electron chi connectivity index (χ3n) is 3.24. The third kappa shape index (κ3) is 2.92. The summed E-state index contributed by atoms with van der Waals surface area (Å²) >= 11 is 0. The number of rotatable bonds is 2. The molecule has 1 atom stereocenters. The van der Waals surface area contributed by atoms with E-state index < -0.39 is 23.1 Å². The van der Waals surface area contributed by atoms with Gasteiger partial charge in [0.05, 0.1) is 11.0 Å². The van der Waals surface area contributed by atoms with Gasteiger partial charge in [0.2, 0.25) is 11.8 Å². The molecule has 0 aliphatic carbocycles. The highest BCUT2D eigenvalue weighted by Crippen LogP contribution is 2.31. The van der Waals surface area contributed by atoms with Gasteiger partial charge in [-0.1, -0.05) is 0 Å². The van der Waals surface area contributed by atoms with Gasteiger partial charge in [-0.05, 0) is 31.2 Å². The van der Waals surface area contributed by atoms with Crippen LogP contribution in [0.4, 0.5) is 18.9 Å². The Morgan fingerprint density at radius 1 is 1.30 bits per heavy atom. The van der Waals surface area contributed by atoms with Crippen molar-refractivity contribution in [3.63, 3.8) is 0 Å². The lowest BCUT2D eigenvalue weighted by Crippen LogP contribution is -2.35. The first-order chi connectivity index (χ1) is 9.21. The summed E-state index contributed by atoms with van der Waals surface area (Å²) in [5.41, 5.74) is -1.39. The molecule has 2 rings (SSSR count). The summed E-state index contributed by atoms with van der Waals surface area (Å²) in [6, 6.07) is 4.18. The van der Waals surface area contributed by atoms with Gasteiger partial charge in [-0.25, -0.2) is 0 Å². The van der Waals surface area contributed by atoms with Crippen LogP contribution < -0.4 is 10.6 Å². The van der Waals surface area contributed by atoms with Crippen LogP contribution in [0.2, 0.25) is 0 Å². The quantitative estimate of drug-likeness (QED) is 0.875. The Hall–Kier alpha value is -2.05. The topological polar surface area (TPSA) is 58.2 Å². The summed E-state index contributed by atoms with van der Waals surface area (Å²) in [6.07, 6.45) is -4.34. The summed E-state index contributed by atoms with van der Waals surface area (Å²) in [7, 11) is 0. The first-order valence-corrected chi connectivity index (χ1v) is 5.96. The Labute approximate surface area is 113 Å². The Morgan fingerprint density at radius 2 is 1.90 bits per heavy atom. The van der Waals surface area contributed by atoms with Crippen molar-refractivity contribution in [2.45, 2.75) is 19.5 Å². The van der Waals surface area contributed by atoms with E-state index in [9.17, 15) is 22.8 Å². The Balaban J connectivity index is 2.07. The lowest BCUT2D eigenvalue weighted by atomic mass is 9.88. The molecule has 7 heteroatoms. The predicted octanol–water partition coefficient (Wildman–Crippen LogP) is 2.17. The molecule has 108 valence electrons. The molecule has 0 radical (unpaired) electrons. The number of anilines is 1. The summed E-state index contributed by atoms with van der Waals surface area (Å²) in [6.45, 7) is 1.85. The van der Waals surface area contributed by atoms with Gasteiger partial charge in [0.1, 0.15) is 0 Å². The molecule has 0 saturated carbocycles. The maximum absolute atomic E-state index is 12.4. The van der Waals surface area contributed by atoms with Crippen LogP contribution in [0.5, 0.6) is 0 Å². The molecule has 4 nitrogen and oxygen atoms in total.